The standard InChI is InChI=1S/C13H14BrNO2/c1-9(12(16)17)15-13(14)7-6-10-4-2-3-5-11(10)8-13/h2-7,9,15H,8H2,1H3,(H,16,17)/t9-,13?/m0/s1. The third kappa shape index (κ3) is 2.76. The molecule has 2 rings (SSSR count). The Balaban J connectivity index is 2.18. The van der Waals surface area contributed by atoms with Gasteiger partial charge in [-0.15, -0.1) is 0 Å². The van der Waals surface area contributed by atoms with E-state index in [0.29, 0.717) is 0 Å². The highest BCUT2D eigenvalue weighted by Gasteiger charge is 2.30. The molecule has 0 amide bonds. The minimum atomic E-state index is -0.851. The summed E-state index contributed by atoms with van der Waals surface area (Å²) >= 11 is 3.57. The number of carbonyl (C=O) groups is 1. The number of nitrogens with one attached hydrogen (secondary N) is 1. The van der Waals surface area contributed by atoms with E-state index < -0.39 is 16.5 Å². The third-order valence-electron chi connectivity index (χ3n) is 2.86. The Hall–Kier alpha value is -1.13. The van der Waals surface area contributed by atoms with Gasteiger partial charge in [0.1, 0.15) is 6.04 Å². The predicted octanol–water partition coefficient (Wildman–Crippen LogP) is 2.41. The minimum absolute atomic E-state index is 0.473. The lowest BCUT2D eigenvalue weighted by Crippen LogP contribution is -2.48. The van der Waals surface area contributed by atoms with E-state index in [-0.39, 0.29) is 0 Å². The molecule has 90 valence electrons. The van der Waals surface area contributed by atoms with Crippen molar-refractivity contribution in [3.63, 3.8) is 0 Å². The average molecular weight is 296 g/mol. The maximum atomic E-state index is 10.9. The molecule has 0 saturated heterocycles. The third-order valence-corrected chi connectivity index (χ3v) is 3.63. The fourth-order valence-electron chi connectivity index (χ4n) is 1.94. The van der Waals surface area contributed by atoms with Crippen molar-refractivity contribution in [1.29, 1.82) is 0 Å². The van der Waals surface area contributed by atoms with Gasteiger partial charge in [-0.3, -0.25) is 10.1 Å². The fraction of sp³-hybridized carbons (Fsp3) is 0.308. The van der Waals surface area contributed by atoms with E-state index in [4.69, 9.17) is 5.11 Å². The van der Waals surface area contributed by atoms with Crippen molar-refractivity contribution < 1.29 is 9.90 Å². The largest absolute Gasteiger partial charge is 0.480 e. The van der Waals surface area contributed by atoms with Crippen LogP contribution in [0.25, 0.3) is 6.08 Å². The molecule has 0 bridgehead atoms. The zero-order valence-corrected chi connectivity index (χ0v) is 11.1. The Labute approximate surface area is 109 Å². The molecule has 1 aliphatic rings. The zero-order valence-electron chi connectivity index (χ0n) is 9.48. The van der Waals surface area contributed by atoms with E-state index in [1.807, 2.05) is 24.3 Å². The number of aliphatic carboxylic acids is 1. The highest BCUT2D eigenvalue weighted by Crippen LogP contribution is 2.30. The maximum absolute atomic E-state index is 10.9. The molecule has 3 nitrogen and oxygen atoms in total. The first-order valence-electron chi connectivity index (χ1n) is 5.47. The molecular formula is C13H14BrNO2. The van der Waals surface area contributed by atoms with E-state index in [0.717, 1.165) is 6.42 Å². The van der Waals surface area contributed by atoms with Crippen LogP contribution in [0.1, 0.15) is 18.1 Å². The van der Waals surface area contributed by atoms with Crippen molar-refractivity contribution in [3.05, 3.63) is 41.5 Å². The summed E-state index contributed by atoms with van der Waals surface area (Å²) in [6.45, 7) is 1.64. The Morgan fingerprint density at radius 2 is 2.24 bits per heavy atom. The van der Waals surface area contributed by atoms with Crippen LogP contribution in [0.5, 0.6) is 0 Å². The smallest absolute Gasteiger partial charge is 0.320 e. The Bertz CT molecular complexity index is 472. The van der Waals surface area contributed by atoms with E-state index >= 15 is 0 Å². The summed E-state index contributed by atoms with van der Waals surface area (Å²) in [4.78, 5) is 10.9. The van der Waals surface area contributed by atoms with Crippen LogP contribution in [0.4, 0.5) is 0 Å². The van der Waals surface area contributed by atoms with Crippen LogP contribution < -0.4 is 5.32 Å². The van der Waals surface area contributed by atoms with Crippen molar-refractivity contribution in [3.8, 4) is 0 Å². The monoisotopic (exact) mass is 295 g/mol. The summed E-state index contributed by atoms with van der Waals surface area (Å²) in [7, 11) is 0. The quantitative estimate of drug-likeness (QED) is 0.665. The highest BCUT2D eigenvalue weighted by molar-refractivity contribution is 9.10. The summed E-state index contributed by atoms with van der Waals surface area (Å²) in [5.74, 6) is -0.851. The molecule has 4 heteroatoms. The van der Waals surface area contributed by atoms with Crippen LogP contribution in [0.3, 0.4) is 0 Å². The van der Waals surface area contributed by atoms with E-state index in [1.165, 1.54) is 11.1 Å². The Kier molecular flexibility index (Phi) is 3.35. The zero-order chi connectivity index (χ0) is 12.5. The summed E-state index contributed by atoms with van der Waals surface area (Å²) in [6.07, 6.45) is 4.71. The number of benzene rings is 1. The summed E-state index contributed by atoms with van der Waals surface area (Å²) in [6, 6.07) is 7.51. The van der Waals surface area contributed by atoms with Crippen LogP contribution in [-0.4, -0.2) is 21.6 Å². The van der Waals surface area contributed by atoms with Gasteiger partial charge >= 0.3 is 5.97 Å². The van der Waals surface area contributed by atoms with E-state index in [1.54, 1.807) is 6.92 Å². The van der Waals surface area contributed by atoms with Gasteiger partial charge in [-0.05, 0) is 18.1 Å². The van der Waals surface area contributed by atoms with Crippen molar-refractivity contribution in [2.75, 3.05) is 0 Å². The normalized spacial score (nSPS) is 24.1. The number of carboxylic acids is 1. The Morgan fingerprint density at radius 1 is 1.53 bits per heavy atom. The van der Waals surface area contributed by atoms with Crippen molar-refractivity contribution in [2.24, 2.45) is 0 Å². The maximum Gasteiger partial charge on any atom is 0.320 e. The van der Waals surface area contributed by atoms with Crippen LogP contribution in [0.15, 0.2) is 30.3 Å². The van der Waals surface area contributed by atoms with Gasteiger partial charge in [-0.2, -0.15) is 0 Å². The number of rotatable bonds is 3. The molecule has 1 unspecified atom stereocenters. The first-order valence-corrected chi connectivity index (χ1v) is 6.26. The molecule has 0 radical (unpaired) electrons. The topological polar surface area (TPSA) is 49.3 Å². The SMILES string of the molecule is C[C@H](NC1(Br)C=Cc2ccccc2C1)C(=O)O. The van der Waals surface area contributed by atoms with Gasteiger partial charge in [0.05, 0.1) is 4.45 Å². The van der Waals surface area contributed by atoms with Crippen molar-refractivity contribution >= 4 is 28.0 Å². The number of hydrogen-bond donors (Lipinski definition) is 2. The molecule has 1 aromatic carbocycles. The second kappa shape index (κ2) is 4.63. The molecule has 2 N–H and O–H groups in total. The average Bonchev–Trinajstić information content (AvgIpc) is 2.28. The molecule has 0 fully saturated rings. The molecule has 17 heavy (non-hydrogen) atoms. The van der Waals surface area contributed by atoms with Crippen LogP contribution in [-0.2, 0) is 11.2 Å². The summed E-state index contributed by atoms with van der Waals surface area (Å²) in [5.41, 5.74) is 2.39. The van der Waals surface area contributed by atoms with Crippen LogP contribution in [0, 0.1) is 0 Å². The fourth-order valence-corrected chi connectivity index (χ4v) is 2.71. The van der Waals surface area contributed by atoms with Crippen molar-refractivity contribution in [2.45, 2.75) is 23.8 Å². The van der Waals surface area contributed by atoms with Crippen molar-refractivity contribution in [1.82, 2.24) is 5.32 Å². The predicted molar refractivity (Wildman–Crippen MR) is 71.1 cm³/mol. The van der Waals surface area contributed by atoms with Gasteiger partial charge in [0.25, 0.3) is 0 Å². The molecule has 1 aromatic rings. The lowest BCUT2D eigenvalue weighted by atomic mass is 9.94. The first kappa shape index (κ1) is 12.3. The van der Waals surface area contributed by atoms with Crippen LogP contribution >= 0.6 is 15.9 Å². The lowest BCUT2D eigenvalue weighted by Gasteiger charge is -2.31. The van der Waals surface area contributed by atoms with Gasteiger partial charge < -0.3 is 5.11 Å². The first-order chi connectivity index (χ1) is 8.00. The summed E-state index contributed by atoms with van der Waals surface area (Å²) < 4.78 is -0.473. The molecule has 0 aromatic heterocycles. The molecule has 0 saturated carbocycles. The van der Waals surface area contributed by atoms with Crippen LogP contribution in [0.2, 0.25) is 0 Å². The Morgan fingerprint density at radius 3 is 2.94 bits per heavy atom. The highest BCUT2D eigenvalue weighted by atomic mass is 79.9. The lowest BCUT2D eigenvalue weighted by molar-refractivity contribution is -0.139. The number of hydrogen-bond acceptors (Lipinski definition) is 2. The molecule has 0 spiro atoms. The van der Waals surface area contributed by atoms with E-state index in [2.05, 4.69) is 33.4 Å². The van der Waals surface area contributed by atoms with Gasteiger partial charge in [-0.25, -0.2) is 0 Å². The van der Waals surface area contributed by atoms with Gasteiger partial charge in [-0.1, -0.05) is 52.3 Å². The second-order valence-electron chi connectivity index (χ2n) is 4.28. The molecular weight excluding hydrogens is 282 g/mol. The number of halogens is 1. The molecule has 2 atom stereocenters. The number of fused-ring (bicyclic) bond motifs is 1. The van der Waals surface area contributed by atoms with Gasteiger partial charge in [0, 0.05) is 6.42 Å². The van der Waals surface area contributed by atoms with Gasteiger partial charge in [0.15, 0.2) is 0 Å². The second-order valence-corrected chi connectivity index (χ2v) is 5.69. The molecule has 0 aliphatic heterocycles. The number of alkyl halides is 1. The number of carboxylic acid groups (broad SMARTS) is 1. The van der Waals surface area contributed by atoms with E-state index in [9.17, 15) is 4.79 Å². The summed E-state index contributed by atoms with van der Waals surface area (Å²) in [5, 5.41) is 12.0. The molecule has 0 heterocycles. The van der Waals surface area contributed by atoms with Gasteiger partial charge in [0.2, 0.25) is 0 Å². The molecule has 1 aliphatic carbocycles. The minimum Gasteiger partial charge on any atom is -0.480 e.